The van der Waals surface area contributed by atoms with Gasteiger partial charge in [-0.2, -0.15) is 13.2 Å². The van der Waals surface area contributed by atoms with Crippen molar-refractivity contribution in [2.75, 3.05) is 0 Å². The maximum atomic E-state index is 12.5. The molecule has 3 N–H and O–H groups in total. The van der Waals surface area contributed by atoms with Crippen LogP contribution in [0.25, 0.3) is 0 Å². The molecule has 0 bridgehead atoms. The van der Waals surface area contributed by atoms with Gasteiger partial charge in [-0.05, 0) is 42.3 Å². The number of halogens is 3. The second kappa shape index (κ2) is 7.46. The Morgan fingerprint density at radius 2 is 1.77 bits per heavy atom. The molecule has 1 amide bonds. The summed E-state index contributed by atoms with van der Waals surface area (Å²) in [6, 6.07) is 9.67. The number of carbonyl (C=O) groups is 1. The third-order valence-electron chi connectivity index (χ3n) is 3.71. The first kappa shape index (κ1) is 19.9. The van der Waals surface area contributed by atoms with Crippen molar-refractivity contribution in [3.05, 3.63) is 65.2 Å². The summed E-state index contributed by atoms with van der Waals surface area (Å²) < 4.78 is 60.3. The Kier molecular flexibility index (Phi) is 5.72. The number of nitrogens with one attached hydrogen (secondary N) is 1. The lowest BCUT2D eigenvalue weighted by Crippen LogP contribution is -2.28. The molecule has 0 aliphatic carbocycles. The molecule has 0 saturated heterocycles. The van der Waals surface area contributed by atoms with Gasteiger partial charge in [0.2, 0.25) is 15.9 Å². The normalized spacial score (nSPS) is 13.3. The molecule has 5 nitrogen and oxygen atoms in total. The molecule has 0 aliphatic heterocycles. The molecular weight excluding hydrogens is 369 g/mol. The molecule has 0 aliphatic rings. The number of benzene rings is 2. The maximum absolute atomic E-state index is 12.5. The molecule has 26 heavy (non-hydrogen) atoms. The average molecular weight is 386 g/mol. The number of rotatable bonds is 5. The van der Waals surface area contributed by atoms with Crippen LogP contribution >= 0.6 is 0 Å². The fourth-order valence-electron chi connectivity index (χ4n) is 2.33. The topological polar surface area (TPSA) is 89.3 Å². The molecule has 2 aromatic carbocycles. The van der Waals surface area contributed by atoms with Crippen molar-refractivity contribution in [2.45, 2.75) is 30.5 Å². The zero-order valence-electron chi connectivity index (χ0n) is 13.7. The van der Waals surface area contributed by atoms with Gasteiger partial charge in [-0.3, -0.25) is 4.79 Å². The lowest BCUT2D eigenvalue weighted by Gasteiger charge is -2.15. The van der Waals surface area contributed by atoms with E-state index >= 15 is 0 Å². The number of carbonyl (C=O) groups excluding carboxylic acids is 1. The third kappa shape index (κ3) is 5.30. The van der Waals surface area contributed by atoms with Gasteiger partial charge in [0.25, 0.3) is 0 Å². The van der Waals surface area contributed by atoms with E-state index in [2.05, 4.69) is 5.32 Å². The Hall–Kier alpha value is -2.39. The van der Waals surface area contributed by atoms with E-state index in [9.17, 15) is 26.4 Å². The van der Waals surface area contributed by atoms with Gasteiger partial charge in [0, 0.05) is 0 Å². The molecule has 0 spiro atoms. The number of amides is 1. The molecule has 9 heteroatoms. The summed E-state index contributed by atoms with van der Waals surface area (Å²) in [7, 11) is -3.86. The molecule has 0 saturated carbocycles. The highest BCUT2D eigenvalue weighted by Crippen LogP contribution is 2.29. The predicted molar refractivity (Wildman–Crippen MR) is 89.5 cm³/mol. The van der Waals surface area contributed by atoms with E-state index in [1.165, 1.54) is 30.3 Å². The Balaban J connectivity index is 2.03. The summed E-state index contributed by atoms with van der Waals surface area (Å²) in [4.78, 5) is 12.0. The lowest BCUT2D eigenvalue weighted by atomic mass is 10.1. The van der Waals surface area contributed by atoms with Crippen LogP contribution in [0.2, 0.25) is 0 Å². The fraction of sp³-hybridized carbons (Fsp3) is 0.235. The molecule has 140 valence electrons. The van der Waals surface area contributed by atoms with Crippen LogP contribution in [0.15, 0.2) is 53.4 Å². The first-order valence-corrected chi connectivity index (χ1v) is 9.10. The summed E-state index contributed by atoms with van der Waals surface area (Å²) in [5.41, 5.74) is 0.188. The van der Waals surface area contributed by atoms with Crippen molar-refractivity contribution >= 4 is 15.9 Å². The van der Waals surface area contributed by atoms with Gasteiger partial charge in [0.1, 0.15) is 0 Å². The van der Waals surface area contributed by atoms with Gasteiger partial charge < -0.3 is 5.32 Å². The Labute approximate surface area is 149 Å². The summed E-state index contributed by atoms with van der Waals surface area (Å²) in [6.07, 6.45) is -4.53. The van der Waals surface area contributed by atoms with E-state index in [1.807, 2.05) is 0 Å². The van der Waals surface area contributed by atoms with Crippen molar-refractivity contribution in [1.82, 2.24) is 5.32 Å². The highest BCUT2D eigenvalue weighted by Gasteiger charge is 2.30. The van der Waals surface area contributed by atoms with E-state index in [1.54, 1.807) is 13.0 Å². The van der Waals surface area contributed by atoms with E-state index in [0.717, 1.165) is 12.1 Å². The fourth-order valence-corrected chi connectivity index (χ4v) is 2.90. The minimum Gasteiger partial charge on any atom is -0.349 e. The molecule has 0 aromatic heterocycles. The van der Waals surface area contributed by atoms with E-state index in [0.29, 0.717) is 11.1 Å². The highest BCUT2D eigenvalue weighted by molar-refractivity contribution is 7.89. The van der Waals surface area contributed by atoms with Gasteiger partial charge in [-0.25, -0.2) is 13.6 Å². The van der Waals surface area contributed by atoms with Crippen LogP contribution in [0, 0.1) is 0 Å². The van der Waals surface area contributed by atoms with Crippen molar-refractivity contribution < 1.29 is 26.4 Å². The maximum Gasteiger partial charge on any atom is 0.416 e. The molecule has 1 atom stereocenters. The lowest BCUT2D eigenvalue weighted by molar-refractivity contribution is -0.137. The van der Waals surface area contributed by atoms with Crippen LogP contribution in [0.1, 0.15) is 29.7 Å². The molecule has 1 unspecified atom stereocenters. The van der Waals surface area contributed by atoms with Crippen LogP contribution in [0.5, 0.6) is 0 Å². The second-order valence-electron chi connectivity index (χ2n) is 5.78. The smallest absolute Gasteiger partial charge is 0.349 e. The van der Waals surface area contributed by atoms with Crippen molar-refractivity contribution in [1.29, 1.82) is 0 Å². The van der Waals surface area contributed by atoms with Crippen LogP contribution < -0.4 is 10.5 Å². The summed E-state index contributed by atoms with van der Waals surface area (Å²) in [6.45, 7) is 1.66. The zero-order valence-corrected chi connectivity index (χ0v) is 14.6. The van der Waals surface area contributed by atoms with Crippen LogP contribution in [0.4, 0.5) is 13.2 Å². The zero-order chi connectivity index (χ0) is 19.5. The van der Waals surface area contributed by atoms with Gasteiger partial charge >= 0.3 is 6.18 Å². The molecular formula is C17H17F3N2O3S. The SMILES string of the molecule is CC(NC(=O)Cc1ccc(C(F)(F)F)cc1)c1cccc(S(N)(=O)=O)c1. The van der Waals surface area contributed by atoms with Gasteiger partial charge in [0.05, 0.1) is 22.9 Å². The standard InChI is InChI=1S/C17H17F3N2O3S/c1-11(13-3-2-4-15(10-13)26(21,24)25)22-16(23)9-12-5-7-14(8-6-12)17(18,19)20/h2-8,10-11H,9H2,1H3,(H,22,23)(H2,21,24,25). The largest absolute Gasteiger partial charge is 0.416 e. The number of hydrogen-bond acceptors (Lipinski definition) is 3. The Morgan fingerprint density at radius 1 is 1.15 bits per heavy atom. The van der Waals surface area contributed by atoms with Gasteiger partial charge in [0.15, 0.2) is 0 Å². The highest BCUT2D eigenvalue weighted by atomic mass is 32.2. The first-order chi connectivity index (χ1) is 12.0. The van der Waals surface area contributed by atoms with Gasteiger partial charge in [-0.15, -0.1) is 0 Å². The summed E-state index contributed by atoms with van der Waals surface area (Å²) in [5.74, 6) is -0.404. The van der Waals surface area contributed by atoms with Crippen molar-refractivity contribution in [3.63, 3.8) is 0 Å². The van der Waals surface area contributed by atoms with E-state index in [4.69, 9.17) is 5.14 Å². The Bertz CT molecular complexity index is 894. The summed E-state index contributed by atoms with van der Waals surface area (Å²) in [5, 5.41) is 7.75. The number of alkyl halides is 3. The molecule has 0 heterocycles. The number of hydrogen-bond donors (Lipinski definition) is 2. The van der Waals surface area contributed by atoms with Crippen LogP contribution in [-0.4, -0.2) is 14.3 Å². The molecule has 0 radical (unpaired) electrons. The third-order valence-corrected chi connectivity index (χ3v) is 4.62. The first-order valence-electron chi connectivity index (χ1n) is 7.55. The second-order valence-corrected chi connectivity index (χ2v) is 7.34. The average Bonchev–Trinajstić information content (AvgIpc) is 2.53. The number of nitrogens with two attached hydrogens (primary N) is 1. The monoisotopic (exact) mass is 386 g/mol. The minimum atomic E-state index is -4.43. The Morgan fingerprint density at radius 3 is 2.31 bits per heavy atom. The van der Waals surface area contributed by atoms with Crippen LogP contribution in [-0.2, 0) is 27.4 Å². The summed E-state index contributed by atoms with van der Waals surface area (Å²) >= 11 is 0. The van der Waals surface area contributed by atoms with Gasteiger partial charge in [-0.1, -0.05) is 24.3 Å². The minimum absolute atomic E-state index is 0.0705. The van der Waals surface area contributed by atoms with E-state index in [-0.39, 0.29) is 11.3 Å². The van der Waals surface area contributed by atoms with Crippen LogP contribution in [0.3, 0.4) is 0 Å². The number of sulfonamides is 1. The predicted octanol–water partition coefficient (Wildman–Crippen LogP) is 2.77. The molecule has 2 rings (SSSR count). The van der Waals surface area contributed by atoms with Crippen molar-refractivity contribution in [2.24, 2.45) is 5.14 Å². The van der Waals surface area contributed by atoms with E-state index < -0.39 is 33.7 Å². The molecule has 2 aromatic rings. The number of primary sulfonamides is 1. The molecule has 0 fully saturated rings. The quantitative estimate of drug-likeness (QED) is 0.828. The van der Waals surface area contributed by atoms with Crippen molar-refractivity contribution in [3.8, 4) is 0 Å².